The molecule has 2 amide bonds. The number of carbonyl (C=O) groups excluding carboxylic acids is 1. The molecule has 0 radical (unpaired) electrons. The molecule has 28 heavy (non-hydrogen) atoms. The molecule has 1 fully saturated rings. The second-order valence-electron chi connectivity index (χ2n) is 6.40. The molecule has 0 aliphatic carbocycles. The van der Waals surface area contributed by atoms with Crippen LogP contribution >= 0.6 is 0 Å². The number of aromatic nitrogens is 2. The van der Waals surface area contributed by atoms with Crippen LogP contribution in [-0.4, -0.2) is 76.3 Å². The van der Waals surface area contributed by atoms with E-state index in [1.807, 2.05) is 12.4 Å². The van der Waals surface area contributed by atoms with Crippen molar-refractivity contribution < 1.29 is 32.6 Å². The Kier molecular flexibility index (Phi) is 5.31. The molecular weight excluding hydrogens is 383 g/mol. The number of hydrogen-bond acceptors (Lipinski definition) is 5. The van der Waals surface area contributed by atoms with Crippen LogP contribution in [0.3, 0.4) is 0 Å². The van der Waals surface area contributed by atoms with Crippen molar-refractivity contribution in [3.8, 4) is 5.75 Å². The molecule has 0 spiro atoms. The van der Waals surface area contributed by atoms with Crippen LogP contribution < -0.4 is 10.1 Å². The number of alkyl halides is 3. The number of likely N-dealkylation sites (N-methyl/N-ethyl adjacent to an activating group) is 1. The summed E-state index contributed by atoms with van der Waals surface area (Å²) in [5.41, 5.74) is -0.233. The fourth-order valence-corrected chi connectivity index (χ4v) is 2.90. The maximum atomic E-state index is 12.6. The monoisotopic (exact) mass is 401 g/mol. The summed E-state index contributed by atoms with van der Waals surface area (Å²) in [4.78, 5) is 27.0. The predicted molar refractivity (Wildman–Crippen MR) is 92.1 cm³/mol. The van der Waals surface area contributed by atoms with Crippen molar-refractivity contribution in [1.29, 1.82) is 0 Å². The third-order valence-corrected chi connectivity index (χ3v) is 4.27. The summed E-state index contributed by atoms with van der Waals surface area (Å²) < 4.78 is 43.0. The highest BCUT2D eigenvalue weighted by atomic mass is 19.4. The Morgan fingerprint density at radius 2 is 1.93 bits per heavy atom. The van der Waals surface area contributed by atoms with Crippen molar-refractivity contribution in [3.63, 3.8) is 0 Å². The molecule has 0 bridgehead atoms. The number of benzene rings is 1. The van der Waals surface area contributed by atoms with Gasteiger partial charge >= 0.3 is 12.5 Å². The summed E-state index contributed by atoms with van der Waals surface area (Å²) in [7, 11) is 1.96. The minimum Gasteiger partial charge on any atom is -0.465 e. The Labute approximate surface area is 157 Å². The van der Waals surface area contributed by atoms with Gasteiger partial charge in [-0.15, -0.1) is 13.2 Å². The average Bonchev–Trinajstić information content (AvgIpc) is 2.94. The summed E-state index contributed by atoms with van der Waals surface area (Å²) >= 11 is 0. The van der Waals surface area contributed by atoms with Crippen LogP contribution in [0.4, 0.5) is 23.7 Å². The lowest BCUT2D eigenvalue weighted by molar-refractivity contribution is -0.274. The first-order valence-electron chi connectivity index (χ1n) is 8.34. The van der Waals surface area contributed by atoms with E-state index in [2.05, 4.69) is 14.7 Å². The van der Waals surface area contributed by atoms with E-state index in [4.69, 9.17) is 5.11 Å². The number of piperazine rings is 1. The number of nitrogens with zero attached hydrogens (tertiary/aromatic N) is 4. The molecule has 12 heteroatoms. The molecule has 0 atom stereocenters. The first-order chi connectivity index (χ1) is 13.1. The van der Waals surface area contributed by atoms with Crippen LogP contribution in [0.1, 0.15) is 0 Å². The summed E-state index contributed by atoms with van der Waals surface area (Å²) in [6, 6.07) is 2.15. The number of carboxylic acid groups (broad SMARTS) is 1. The Morgan fingerprint density at radius 3 is 2.54 bits per heavy atom. The third-order valence-electron chi connectivity index (χ3n) is 4.27. The van der Waals surface area contributed by atoms with Crippen LogP contribution in [0.2, 0.25) is 0 Å². The Morgan fingerprint density at radius 1 is 1.25 bits per heavy atom. The van der Waals surface area contributed by atoms with Crippen LogP contribution in [-0.2, 0) is 11.3 Å². The summed E-state index contributed by atoms with van der Waals surface area (Å²) in [5, 5.41) is 15.2. The zero-order valence-corrected chi connectivity index (χ0v) is 14.9. The number of fused-ring (bicyclic) bond motifs is 1. The van der Waals surface area contributed by atoms with E-state index < -0.39 is 18.2 Å². The van der Waals surface area contributed by atoms with Gasteiger partial charge in [0, 0.05) is 43.8 Å². The second-order valence-corrected chi connectivity index (χ2v) is 6.40. The van der Waals surface area contributed by atoms with Crippen LogP contribution in [0, 0.1) is 0 Å². The molecule has 1 aromatic carbocycles. The number of amides is 2. The number of ether oxygens (including phenoxy) is 1. The van der Waals surface area contributed by atoms with E-state index in [9.17, 15) is 22.8 Å². The quantitative estimate of drug-likeness (QED) is 0.811. The van der Waals surface area contributed by atoms with Gasteiger partial charge < -0.3 is 19.6 Å². The maximum absolute atomic E-state index is 12.6. The molecule has 3 rings (SSSR count). The Balaban J connectivity index is 1.83. The van der Waals surface area contributed by atoms with Crippen molar-refractivity contribution in [1.82, 2.24) is 19.6 Å². The van der Waals surface area contributed by atoms with Gasteiger partial charge in [-0.2, -0.15) is 5.10 Å². The minimum atomic E-state index is -5.00. The summed E-state index contributed by atoms with van der Waals surface area (Å²) in [6.45, 7) is 2.62. The van der Waals surface area contributed by atoms with Crippen LogP contribution in [0.5, 0.6) is 5.75 Å². The SMILES string of the molecule is CN1CCN(C(=O)Cn2cc3cc(NC(=O)O)c(OC(F)(F)F)cc3n2)CC1. The largest absolute Gasteiger partial charge is 0.573 e. The molecule has 9 nitrogen and oxygen atoms in total. The van der Waals surface area contributed by atoms with Crippen LogP contribution in [0.15, 0.2) is 18.3 Å². The molecule has 1 saturated heterocycles. The lowest BCUT2D eigenvalue weighted by atomic mass is 10.2. The third kappa shape index (κ3) is 4.82. The zero-order valence-electron chi connectivity index (χ0n) is 14.9. The second kappa shape index (κ2) is 7.54. The molecule has 2 heterocycles. The van der Waals surface area contributed by atoms with Gasteiger partial charge in [0.25, 0.3) is 0 Å². The predicted octanol–water partition coefficient (Wildman–Crippen LogP) is 1.80. The first-order valence-corrected chi connectivity index (χ1v) is 8.34. The van der Waals surface area contributed by atoms with Gasteiger partial charge in [0.15, 0.2) is 5.75 Å². The van der Waals surface area contributed by atoms with Gasteiger partial charge in [-0.05, 0) is 13.1 Å². The van der Waals surface area contributed by atoms with E-state index in [0.717, 1.165) is 19.2 Å². The zero-order chi connectivity index (χ0) is 20.5. The average molecular weight is 401 g/mol. The van der Waals surface area contributed by atoms with Crippen LogP contribution in [0.25, 0.3) is 10.9 Å². The minimum absolute atomic E-state index is 0.0739. The first kappa shape index (κ1) is 19.7. The van der Waals surface area contributed by atoms with Crippen molar-refractivity contribution in [2.75, 3.05) is 38.5 Å². The van der Waals surface area contributed by atoms with Crippen molar-refractivity contribution in [3.05, 3.63) is 18.3 Å². The van der Waals surface area contributed by atoms with Gasteiger partial charge in [0.1, 0.15) is 6.54 Å². The number of rotatable bonds is 4. The molecule has 1 aliphatic heterocycles. The van der Waals surface area contributed by atoms with E-state index in [0.29, 0.717) is 18.5 Å². The van der Waals surface area contributed by atoms with Crippen molar-refractivity contribution in [2.24, 2.45) is 0 Å². The molecule has 2 aromatic rings. The van der Waals surface area contributed by atoms with E-state index in [1.54, 1.807) is 4.90 Å². The molecule has 152 valence electrons. The number of nitrogens with one attached hydrogen (secondary N) is 1. The standard InChI is InChI=1S/C16H18F3N5O4/c1-22-2-4-23(5-3-22)14(25)9-24-8-10-6-12(20-15(26)27)13(7-11(10)21-24)28-16(17,18)19/h6-8,20H,2-5,9H2,1H3,(H,26,27). The number of carbonyl (C=O) groups is 2. The van der Waals surface area contributed by atoms with E-state index >= 15 is 0 Å². The smallest absolute Gasteiger partial charge is 0.465 e. The van der Waals surface area contributed by atoms with Gasteiger partial charge in [-0.1, -0.05) is 0 Å². The van der Waals surface area contributed by atoms with Gasteiger partial charge in [-0.3, -0.25) is 14.8 Å². The highest BCUT2D eigenvalue weighted by Gasteiger charge is 2.33. The van der Waals surface area contributed by atoms with Gasteiger partial charge in [0.2, 0.25) is 5.91 Å². The lowest BCUT2D eigenvalue weighted by Gasteiger charge is -2.32. The highest BCUT2D eigenvalue weighted by Crippen LogP contribution is 2.34. The molecule has 1 aromatic heterocycles. The molecule has 0 unspecified atom stereocenters. The van der Waals surface area contributed by atoms with Gasteiger partial charge in [0.05, 0.1) is 11.2 Å². The maximum Gasteiger partial charge on any atom is 0.573 e. The lowest BCUT2D eigenvalue weighted by Crippen LogP contribution is -2.48. The Hall–Kier alpha value is -3.02. The molecule has 1 aliphatic rings. The van der Waals surface area contributed by atoms with Gasteiger partial charge in [-0.25, -0.2) is 4.79 Å². The van der Waals surface area contributed by atoms with Crippen molar-refractivity contribution in [2.45, 2.75) is 12.9 Å². The molecule has 2 N–H and O–H groups in total. The fraction of sp³-hybridized carbons (Fsp3) is 0.438. The normalized spacial score (nSPS) is 15.6. The van der Waals surface area contributed by atoms with Crippen molar-refractivity contribution >= 4 is 28.6 Å². The number of hydrogen-bond donors (Lipinski definition) is 2. The number of anilines is 1. The fourth-order valence-electron chi connectivity index (χ4n) is 2.90. The van der Waals surface area contributed by atoms with E-state index in [-0.39, 0.29) is 23.7 Å². The summed E-state index contributed by atoms with van der Waals surface area (Å²) in [6.07, 6.45) is -5.07. The van der Waals surface area contributed by atoms with E-state index in [1.165, 1.54) is 16.9 Å². The molecule has 0 saturated carbocycles. The Bertz CT molecular complexity index is 890. The number of halogens is 3. The summed E-state index contributed by atoms with van der Waals surface area (Å²) in [5.74, 6) is -0.880. The highest BCUT2D eigenvalue weighted by molar-refractivity contribution is 5.92. The topological polar surface area (TPSA) is 99.9 Å². The molecular formula is C16H18F3N5O4.